The number of anilines is 1. The molecule has 0 aromatic heterocycles. The van der Waals surface area contributed by atoms with Crippen LogP contribution in [0.2, 0.25) is 5.02 Å². The predicted molar refractivity (Wildman–Crippen MR) is 145 cm³/mol. The molecule has 0 aliphatic rings. The summed E-state index contributed by atoms with van der Waals surface area (Å²) in [4.78, 5) is 41.1. The number of carbonyl (C=O) groups excluding carboxylic acids is 3. The summed E-state index contributed by atoms with van der Waals surface area (Å²) < 4.78 is 5.29. The van der Waals surface area contributed by atoms with Crippen molar-refractivity contribution in [3.05, 3.63) is 58.6 Å². The molecule has 0 radical (unpaired) electrons. The molecule has 3 amide bonds. The number of aromatic hydroxyl groups is 1. The predicted octanol–water partition coefficient (Wildman–Crippen LogP) is 5.10. The number of alkyl carbamates (subject to hydrolysis) is 1. The number of halogens is 1. The second-order valence-electron chi connectivity index (χ2n) is 9.30. The van der Waals surface area contributed by atoms with E-state index in [-0.39, 0.29) is 23.6 Å². The molecule has 0 aliphatic heterocycles. The highest BCUT2D eigenvalue weighted by Gasteiger charge is 2.37. The molecular weight excluding hydrogens is 502 g/mol. The topological polar surface area (TPSA) is 108 Å². The van der Waals surface area contributed by atoms with Gasteiger partial charge in [-0.25, -0.2) is 4.79 Å². The minimum absolute atomic E-state index is 0.0307. The maximum Gasteiger partial charge on any atom is 0.408 e. The van der Waals surface area contributed by atoms with Crippen molar-refractivity contribution in [2.75, 3.05) is 17.6 Å². The van der Waals surface area contributed by atoms with Gasteiger partial charge in [-0.2, -0.15) is 12.6 Å². The lowest BCUT2D eigenvalue weighted by molar-refractivity contribution is -0.140. The quantitative estimate of drug-likeness (QED) is 0.334. The minimum Gasteiger partial charge on any atom is -0.508 e. The van der Waals surface area contributed by atoms with E-state index in [0.717, 1.165) is 5.56 Å². The van der Waals surface area contributed by atoms with Gasteiger partial charge in [-0.05, 0) is 51.8 Å². The fourth-order valence-electron chi connectivity index (χ4n) is 3.59. The van der Waals surface area contributed by atoms with Crippen LogP contribution in [-0.4, -0.2) is 51.9 Å². The Balaban J connectivity index is 2.49. The number of nitrogens with one attached hydrogen (secondary N) is 2. The second-order valence-corrected chi connectivity index (χ2v) is 10.1. The third-order valence-corrected chi connectivity index (χ3v) is 5.86. The summed E-state index contributed by atoms with van der Waals surface area (Å²) >= 11 is 10.6. The van der Waals surface area contributed by atoms with E-state index in [2.05, 4.69) is 23.3 Å². The molecule has 2 aromatic rings. The van der Waals surface area contributed by atoms with Gasteiger partial charge < -0.3 is 25.4 Å². The zero-order chi connectivity index (χ0) is 27.0. The zero-order valence-electron chi connectivity index (χ0n) is 21.2. The van der Waals surface area contributed by atoms with E-state index in [1.807, 2.05) is 6.92 Å². The number of hydrogen-bond acceptors (Lipinski definition) is 6. The Morgan fingerprint density at radius 1 is 1.14 bits per heavy atom. The lowest BCUT2D eigenvalue weighted by atomic mass is 10.0. The molecule has 2 atom stereocenters. The summed E-state index contributed by atoms with van der Waals surface area (Å²) in [5.74, 6) is -1.29. The molecule has 10 heteroatoms. The normalized spacial score (nSPS) is 12.9. The lowest BCUT2D eigenvalue weighted by Crippen LogP contribution is -2.53. The van der Waals surface area contributed by atoms with Crippen LogP contribution in [0.15, 0.2) is 42.5 Å². The van der Waals surface area contributed by atoms with Gasteiger partial charge in [-0.15, -0.1) is 0 Å². The first kappa shape index (κ1) is 29.3. The van der Waals surface area contributed by atoms with E-state index in [0.29, 0.717) is 17.1 Å². The van der Waals surface area contributed by atoms with Crippen molar-refractivity contribution >= 4 is 47.8 Å². The summed E-state index contributed by atoms with van der Waals surface area (Å²) in [6.45, 7) is 8.96. The first-order valence-corrected chi connectivity index (χ1v) is 12.6. The number of para-hydroxylation sites is 2. The summed E-state index contributed by atoms with van der Waals surface area (Å²) in [7, 11) is 0. The fourth-order valence-corrected chi connectivity index (χ4v) is 4.11. The van der Waals surface area contributed by atoms with E-state index in [9.17, 15) is 19.5 Å². The van der Waals surface area contributed by atoms with Crippen LogP contribution < -0.4 is 10.6 Å². The number of thiol groups is 1. The molecule has 0 bridgehead atoms. The van der Waals surface area contributed by atoms with Crippen LogP contribution in [0.4, 0.5) is 10.5 Å². The van der Waals surface area contributed by atoms with E-state index in [1.54, 1.807) is 64.1 Å². The van der Waals surface area contributed by atoms with Crippen molar-refractivity contribution in [2.24, 2.45) is 0 Å². The first-order chi connectivity index (χ1) is 16.9. The Hall–Kier alpha value is -2.91. The number of carbonyl (C=O) groups is 3. The smallest absolute Gasteiger partial charge is 0.408 e. The Morgan fingerprint density at radius 3 is 2.36 bits per heavy atom. The van der Waals surface area contributed by atoms with E-state index >= 15 is 0 Å². The molecule has 2 rings (SSSR count). The van der Waals surface area contributed by atoms with Gasteiger partial charge in [-0.3, -0.25) is 9.59 Å². The highest BCUT2D eigenvalue weighted by molar-refractivity contribution is 7.80. The number of benzene rings is 2. The molecular formula is C26H34ClN3O5S. The molecule has 0 saturated carbocycles. The zero-order valence-corrected chi connectivity index (χ0v) is 22.8. The minimum atomic E-state index is -1.21. The molecule has 0 spiro atoms. The standard InChI is InChI=1S/C26H34ClN3O5S/c1-6-14-30(24(33)19(15-36)28-25(34)35-26(3,4)5)22(17-11-7-8-13-20(17)31)23(32)29-21-16(2)10-9-12-18(21)27/h7-13,19,22,31,36H,6,14-15H2,1-5H3,(H,28,34)(H,29,32). The first-order valence-electron chi connectivity index (χ1n) is 11.6. The van der Waals surface area contributed by atoms with E-state index < -0.39 is 35.6 Å². The Labute approximate surface area is 222 Å². The number of nitrogens with zero attached hydrogens (tertiary/aromatic N) is 1. The van der Waals surface area contributed by atoms with Crippen molar-refractivity contribution in [1.29, 1.82) is 0 Å². The maximum atomic E-state index is 13.7. The van der Waals surface area contributed by atoms with Crippen LogP contribution in [-0.2, 0) is 14.3 Å². The van der Waals surface area contributed by atoms with Crippen molar-refractivity contribution in [1.82, 2.24) is 10.2 Å². The van der Waals surface area contributed by atoms with Gasteiger partial charge in [0.05, 0.1) is 10.7 Å². The summed E-state index contributed by atoms with van der Waals surface area (Å²) in [6.07, 6.45) is -0.262. The van der Waals surface area contributed by atoms with Crippen LogP contribution in [0, 0.1) is 6.92 Å². The lowest BCUT2D eigenvalue weighted by Gasteiger charge is -2.34. The SMILES string of the molecule is CCCN(C(=O)C(CS)NC(=O)OC(C)(C)C)C(C(=O)Nc1c(C)cccc1Cl)c1ccccc1O. The molecule has 0 saturated heterocycles. The maximum absolute atomic E-state index is 13.7. The fraction of sp³-hybridized carbons (Fsp3) is 0.423. The second kappa shape index (κ2) is 12.9. The monoisotopic (exact) mass is 535 g/mol. The van der Waals surface area contributed by atoms with Crippen molar-refractivity contribution in [3.8, 4) is 5.75 Å². The average Bonchev–Trinajstić information content (AvgIpc) is 2.79. The molecule has 0 heterocycles. The van der Waals surface area contributed by atoms with Crippen molar-refractivity contribution in [2.45, 2.75) is 58.7 Å². The molecule has 36 heavy (non-hydrogen) atoms. The van der Waals surface area contributed by atoms with Gasteiger partial charge in [-0.1, -0.05) is 48.9 Å². The summed E-state index contributed by atoms with van der Waals surface area (Å²) in [5, 5.41) is 16.3. The molecule has 8 nitrogen and oxygen atoms in total. The number of phenols is 1. The molecule has 3 N–H and O–H groups in total. The summed E-state index contributed by atoms with van der Waals surface area (Å²) in [5.41, 5.74) is 0.616. The largest absolute Gasteiger partial charge is 0.508 e. The van der Waals surface area contributed by atoms with E-state index in [4.69, 9.17) is 16.3 Å². The third kappa shape index (κ3) is 7.80. The van der Waals surface area contributed by atoms with Crippen LogP contribution >= 0.6 is 24.2 Å². The number of hydrogen-bond donors (Lipinski definition) is 4. The van der Waals surface area contributed by atoms with Crippen molar-refractivity contribution < 1.29 is 24.2 Å². The highest BCUT2D eigenvalue weighted by Crippen LogP contribution is 2.33. The number of phenolic OH excluding ortho intramolecular Hbond substituents is 1. The molecule has 0 fully saturated rings. The van der Waals surface area contributed by atoms with Crippen LogP contribution in [0.1, 0.15) is 51.3 Å². The van der Waals surface area contributed by atoms with Gasteiger partial charge in [0.15, 0.2) is 0 Å². The van der Waals surface area contributed by atoms with Crippen molar-refractivity contribution in [3.63, 3.8) is 0 Å². The van der Waals surface area contributed by atoms with Gasteiger partial charge in [0.2, 0.25) is 5.91 Å². The molecule has 2 unspecified atom stereocenters. The Bertz CT molecular complexity index is 1070. The van der Waals surface area contributed by atoms with Gasteiger partial charge >= 0.3 is 6.09 Å². The van der Waals surface area contributed by atoms with Gasteiger partial charge in [0.25, 0.3) is 5.91 Å². The van der Waals surface area contributed by atoms with Gasteiger partial charge in [0.1, 0.15) is 23.4 Å². The van der Waals surface area contributed by atoms with E-state index in [1.165, 1.54) is 11.0 Å². The Kier molecular flexibility index (Phi) is 10.5. The molecule has 196 valence electrons. The number of rotatable bonds is 9. The third-order valence-electron chi connectivity index (χ3n) is 5.18. The number of ether oxygens (including phenoxy) is 1. The van der Waals surface area contributed by atoms with Crippen LogP contribution in [0.3, 0.4) is 0 Å². The van der Waals surface area contributed by atoms with Gasteiger partial charge in [0, 0.05) is 17.9 Å². The average molecular weight is 536 g/mol. The van der Waals surface area contributed by atoms with Crippen LogP contribution in [0.25, 0.3) is 0 Å². The molecule has 0 aliphatic carbocycles. The summed E-state index contributed by atoms with van der Waals surface area (Å²) in [6, 6.07) is 9.24. The number of amides is 3. The number of aryl methyl sites for hydroxylation is 1. The van der Waals surface area contributed by atoms with Crippen LogP contribution in [0.5, 0.6) is 5.75 Å². The Morgan fingerprint density at radius 2 is 1.81 bits per heavy atom. The molecule has 2 aromatic carbocycles. The highest BCUT2D eigenvalue weighted by atomic mass is 35.5.